The first kappa shape index (κ1) is 35.4. The van der Waals surface area contributed by atoms with Crippen LogP contribution in [0.2, 0.25) is 5.02 Å². The molecule has 4 aromatic rings. The van der Waals surface area contributed by atoms with E-state index in [1.54, 1.807) is 0 Å². The Labute approximate surface area is 268 Å². The molecule has 44 heavy (non-hydrogen) atoms. The Bertz CT molecular complexity index is 1770. The molecule has 3 N–H and O–H groups in total. The van der Waals surface area contributed by atoms with Crippen LogP contribution in [0.4, 0.5) is 26.3 Å². The molecule has 0 fully saturated rings. The Morgan fingerprint density at radius 2 is 1.70 bits per heavy atom. The van der Waals surface area contributed by atoms with Crippen LogP contribution < -0.4 is 45.9 Å². The van der Waals surface area contributed by atoms with Crippen LogP contribution in [-0.4, -0.2) is 52.2 Å². The van der Waals surface area contributed by atoms with Gasteiger partial charge in [0.1, 0.15) is 6.54 Å². The van der Waals surface area contributed by atoms with Gasteiger partial charge in [0, 0.05) is 10.6 Å². The Hall–Kier alpha value is -3.03. The molecule has 0 bridgehead atoms. The number of nitrogens with zero attached hydrogens (tertiary/aromatic N) is 6. The molecule has 2 aromatic carbocycles. The number of carbonyl (C=O) groups is 1. The second-order valence-electron chi connectivity index (χ2n) is 8.63. The summed E-state index contributed by atoms with van der Waals surface area (Å²) in [5.74, 6) is -3.03. The van der Waals surface area contributed by atoms with Crippen molar-refractivity contribution in [1.82, 2.24) is 29.1 Å². The van der Waals surface area contributed by atoms with Gasteiger partial charge in [-0.05, 0) is 36.4 Å². The minimum Gasteiger partial charge on any atom is -0.756 e. The molecule has 0 aliphatic heterocycles. The van der Waals surface area contributed by atoms with Crippen LogP contribution in [0.5, 0.6) is 0 Å². The third-order valence-electron chi connectivity index (χ3n) is 5.60. The predicted octanol–water partition coefficient (Wildman–Crippen LogP) is -0.476. The molecule has 0 aliphatic carbocycles. The Kier molecular flexibility index (Phi) is 10.6. The number of para-hydroxylation sites is 1. The molecule has 0 spiro atoms. The maximum atomic E-state index is 13.6. The molecule has 0 saturated carbocycles. The molecule has 0 saturated heterocycles. The van der Waals surface area contributed by atoms with Crippen molar-refractivity contribution < 1.29 is 79.6 Å². The fourth-order valence-electron chi connectivity index (χ4n) is 3.83. The predicted molar refractivity (Wildman–Crippen MR) is 132 cm³/mol. The third-order valence-corrected chi connectivity index (χ3v) is 6.37. The van der Waals surface area contributed by atoms with Crippen molar-refractivity contribution in [2.75, 3.05) is 0 Å². The number of rotatable bonds is 9. The Morgan fingerprint density at radius 1 is 1.09 bits per heavy atom. The average Bonchev–Trinajstić information content (AvgIpc) is 3.44. The van der Waals surface area contributed by atoms with E-state index in [1.807, 2.05) is 0 Å². The van der Waals surface area contributed by atoms with E-state index < -0.39 is 79.7 Å². The zero-order chi connectivity index (χ0) is 31.9. The molecule has 230 valence electrons. The Balaban J connectivity index is 0.00000529. The van der Waals surface area contributed by atoms with Crippen molar-refractivity contribution >= 4 is 25.3 Å². The van der Waals surface area contributed by atoms with Crippen molar-refractivity contribution in [3.8, 4) is 17.1 Å². The number of hydrogen-bond donors (Lipinski definition) is 2. The standard InChI is InChI=1S/C22H17ClF6N7O6P.Na/c23-12-7-5-11(6-8-12)18-33-35(20(38)34(18)9-15(22(27,28)29)42-43(39,40)41)10-16-31-19(17(30)37)36(32-16)14-4-2-1-3-13(14)21(24,25)26;/h1-8,15H,9-10H2,(H2,30,37)(H2,39,40,41);/q;+1/p-1/t15-;/m0./s1. The van der Waals surface area contributed by atoms with Gasteiger partial charge >= 0.3 is 47.6 Å². The zero-order valence-electron chi connectivity index (χ0n) is 22.0. The van der Waals surface area contributed by atoms with E-state index in [-0.39, 0.29) is 40.1 Å². The van der Waals surface area contributed by atoms with Crippen LogP contribution >= 0.6 is 19.4 Å². The molecule has 0 radical (unpaired) electrons. The number of amides is 1. The van der Waals surface area contributed by atoms with Gasteiger partial charge in [-0.3, -0.25) is 13.9 Å². The fraction of sp³-hybridized carbons (Fsp3) is 0.227. The van der Waals surface area contributed by atoms with E-state index in [0.29, 0.717) is 20.0 Å². The van der Waals surface area contributed by atoms with Gasteiger partial charge in [0.15, 0.2) is 17.8 Å². The van der Waals surface area contributed by atoms with Crippen molar-refractivity contribution in [2.45, 2.75) is 31.5 Å². The van der Waals surface area contributed by atoms with Crippen molar-refractivity contribution in [3.05, 3.63) is 81.3 Å². The number of alkyl halides is 6. The second kappa shape index (κ2) is 13.1. The molecule has 4 rings (SSSR count). The number of nitrogens with two attached hydrogens (primary N) is 1. The number of halogens is 7. The maximum Gasteiger partial charge on any atom is 1.00 e. The van der Waals surface area contributed by atoms with Gasteiger partial charge in [-0.1, -0.05) is 23.7 Å². The molecule has 2 atom stereocenters. The Morgan fingerprint density at radius 3 is 2.25 bits per heavy atom. The van der Waals surface area contributed by atoms with Crippen LogP contribution in [0.25, 0.3) is 17.1 Å². The first-order valence-electron chi connectivity index (χ1n) is 11.5. The average molecular weight is 678 g/mol. The first-order chi connectivity index (χ1) is 19.8. The number of benzene rings is 2. The van der Waals surface area contributed by atoms with E-state index >= 15 is 0 Å². The summed E-state index contributed by atoms with van der Waals surface area (Å²) in [7, 11) is -5.95. The van der Waals surface area contributed by atoms with Crippen molar-refractivity contribution in [3.63, 3.8) is 0 Å². The van der Waals surface area contributed by atoms with E-state index in [4.69, 9.17) is 22.2 Å². The van der Waals surface area contributed by atoms with Crippen molar-refractivity contribution in [1.29, 1.82) is 0 Å². The zero-order valence-corrected chi connectivity index (χ0v) is 25.6. The molecular weight excluding hydrogens is 662 g/mol. The topological polar surface area (TPSA) is 183 Å². The van der Waals surface area contributed by atoms with Gasteiger partial charge in [0.2, 0.25) is 5.82 Å². The van der Waals surface area contributed by atoms with E-state index in [1.165, 1.54) is 30.3 Å². The van der Waals surface area contributed by atoms with Crippen LogP contribution in [0.3, 0.4) is 0 Å². The minimum absolute atomic E-state index is 0. The van der Waals surface area contributed by atoms with E-state index in [0.717, 1.165) is 12.1 Å². The molecule has 2 heterocycles. The van der Waals surface area contributed by atoms with Crippen LogP contribution in [0.1, 0.15) is 22.0 Å². The molecule has 13 nitrogen and oxygen atoms in total. The number of carbonyl (C=O) groups excluding carboxylic acids is 1. The van der Waals surface area contributed by atoms with Crippen LogP contribution in [0, 0.1) is 0 Å². The summed E-state index contributed by atoms with van der Waals surface area (Å²) in [5.41, 5.74) is 2.14. The molecule has 22 heteroatoms. The largest absolute Gasteiger partial charge is 1.00 e. The summed E-state index contributed by atoms with van der Waals surface area (Å²) in [6, 6.07) is 9.13. The molecular formula is C22H16ClF6N7NaO6P. The van der Waals surface area contributed by atoms with Crippen molar-refractivity contribution in [2.24, 2.45) is 5.73 Å². The SMILES string of the molecule is NC(=O)c1nc(Cn2nc(-c3ccc(Cl)cc3)n(C[C@H](OP(=O)([O-])O)C(F)(F)F)c2=O)nn1-c1ccccc1C(F)(F)F.[Na+]. The molecule has 0 aliphatic rings. The number of phosphoric ester groups is 1. The van der Waals surface area contributed by atoms with Gasteiger partial charge in [-0.25, -0.2) is 19.1 Å². The first-order valence-corrected chi connectivity index (χ1v) is 13.4. The molecule has 1 unspecified atom stereocenters. The summed E-state index contributed by atoms with van der Waals surface area (Å²) < 4.78 is 97.9. The summed E-state index contributed by atoms with van der Waals surface area (Å²) in [4.78, 5) is 49.0. The quantitative estimate of drug-likeness (QED) is 0.134. The van der Waals surface area contributed by atoms with Gasteiger partial charge in [0.25, 0.3) is 13.7 Å². The third kappa shape index (κ3) is 8.16. The normalized spacial score (nSPS) is 14.1. The van der Waals surface area contributed by atoms with Crippen LogP contribution in [0.15, 0.2) is 53.3 Å². The smallest absolute Gasteiger partial charge is 0.756 e. The van der Waals surface area contributed by atoms with E-state index in [9.17, 15) is 45.4 Å². The van der Waals surface area contributed by atoms with Gasteiger partial charge < -0.3 is 20.0 Å². The van der Waals surface area contributed by atoms with Gasteiger partial charge in [-0.2, -0.15) is 26.3 Å². The van der Waals surface area contributed by atoms with Crippen LogP contribution in [-0.2, 0) is 28.4 Å². The second-order valence-corrected chi connectivity index (χ2v) is 10.2. The summed E-state index contributed by atoms with van der Waals surface area (Å²) >= 11 is 5.85. The number of phosphoric acid groups is 1. The number of aromatic nitrogens is 6. The summed E-state index contributed by atoms with van der Waals surface area (Å²) in [6.07, 6.45) is -13.5. The van der Waals surface area contributed by atoms with Gasteiger partial charge in [-0.15, -0.1) is 10.2 Å². The van der Waals surface area contributed by atoms with E-state index in [2.05, 4.69) is 19.7 Å². The van der Waals surface area contributed by atoms with Gasteiger partial charge in [0.05, 0.1) is 17.8 Å². The molecule has 1 amide bonds. The summed E-state index contributed by atoms with van der Waals surface area (Å²) in [5, 5.41) is 8.01. The fourth-order valence-corrected chi connectivity index (χ4v) is 4.46. The minimum atomic E-state index is -5.95. The monoisotopic (exact) mass is 677 g/mol. The number of primary amides is 1. The molecule has 2 aromatic heterocycles. The summed E-state index contributed by atoms with van der Waals surface area (Å²) in [6.45, 7) is -2.31. The maximum absolute atomic E-state index is 13.6. The number of hydrogen-bond acceptors (Lipinski definition) is 8.